The van der Waals surface area contributed by atoms with Crippen LogP contribution in [0.25, 0.3) is 0 Å². The molecular weight excluding hydrogens is 420 g/mol. The van der Waals surface area contributed by atoms with Gasteiger partial charge in [0.2, 0.25) is 17.7 Å². The average Bonchev–Trinajstić information content (AvgIpc) is 3.52. The minimum absolute atomic E-state index is 0.0515. The van der Waals surface area contributed by atoms with Gasteiger partial charge in [0.1, 0.15) is 11.5 Å². The van der Waals surface area contributed by atoms with E-state index in [4.69, 9.17) is 9.47 Å². The summed E-state index contributed by atoms with van der Waals surface area (Å²) in [6.45, 7) is 0. The van der Waals surface area contributed by atoms with Gasteiger partial charge in [-0.25, -0.2) is 0 Å². The predicted octanol–water partition coefficient (Wildman–Crippen LogP) is 3.58. The van der Waals surface area contributed by atoms with Crippen LogP contribution in [-0.2, 0) is 14.4 Å². The highest BCUT2D eigenvalue weighted by Crippen LogP contribution is 2.54. The van der Waals surface area contributed by atoms with Crippen molar-refractivity contribution < 1.29 is 23.9 Å². The first-order valence-corrected chi connectivity index (χ1v) is 11.1. The normalized spacial score (nSPS) is 25.8. The quantitative estimate of drug-likeness (QED) is 0.519. The first-order chi connectivity index (χ1) is 16.0. The summed E-state index contributed by atoms with van der Waals surface area (Å²) in [4.78, 5) is 41.4. The summed E-state index contributed by atoms with van der Waals surface area (Å²) in [5.74, 6) is 0.142. The molecule has 2 fully saturated rings. The fourth-order valence-corrected chi connectivity index (χ4v) is 5.54. The molecule has 1 saturated heterocycles. The van der Waals surface area contributed by atoms with Crippen molar-refractivity contribution in [3.05, 3.63) is 66.2 Å². The van der Waals surface area contributed by atoms with Crippen LogP contribution in [0.15, 0.2) is 60.7 Å². The Kier molecular flexibility index (Phi) is 5.40. The van der Waals surface area contributed by atoms with Crippen LogP contribution in [0.4, 0.5) is 5.69 Å². The topological polar surface area (TPSA) is 84.9 Å². The molecule has 0 aromatic heterocycles. The Balaban J connectivity index is 1.44. The zero-order chi connectivity index (χ0) is 23.1. The maximum atomic E-state index is 13.5. The molecule has 2 bridgehead atoms. The van der Waals surface area contributed by atoms with Gasteiger partial charge in [-0.05, 0) is 48.1 Å². The lowest BCUT2D eigenvalue weighted by Gasteiger charge is -2.28. The first-order valence-electron chi connectivity index (χ1n) is 11.1. The number of ether oxygens (including phenoxy) is 2. The van der Waals surface area contributed by atoms with Crippen molar-refractivity contribution in [1.82, 2.24) is 4.90 Å². The van der Waals surface area contributed by atoms with Gasteiger partial charge in [0, 0.05) is 0 Å². The van der Waals surface area contributed by atoms with Crippen molar-refractivity contribution in [2.45, 2.75) is 18.9 Å². The van der Waals surface area contributed by atoms with Crippen molar-refractivity contribution in [2.75, 3.05) is 19.5 Å². The van der Waals surface area contributed by atoms with Crippen LogP contribution in [0.5, 0.6) is 11.5 Å². The second kappa shape index (κ2) is 8.39. The molecule has 3 aliphatic rings. The summed E-state index contributed by atoms with van der Waals surface area (Å²) < 4.78 is 10.6. The van der Waals surface area contributed by atoms with E-state index in [-0.39, 0.29) is 47.8 Å². The highest BCUT2D eigenvalue weighted by atomic mass is 16.5. The van der Waals surface area contributed by atoms with Crippen LogP contribution in [0.3, 0.4) is 0 Å². The van der Waals surface area contributed by atoms with Crippen molar-refractivity contribution in [1.29, 1.82) is 0 Å². The number of para-hydroxylation sites is 2. The van der Waals surface area contributed by atoms with E-state index >= 15 is 0 Å². The number of carbonyl (C=O) groups excluding carboxylic acids is 3. The van der Waals surface area contributed by atoms with E-state index in [0.717, 1.165) is 6.42 Å². The lowest BCUT2D eigenvalue weighted by molar-refractivity contribution is -0.144. The van der Waals surface area contributed by atoms with Crippen LogP contribution in [0.2, 0.25) is 0 Å². The average molecular weight is 447 g/mol. The molecular formula is C26H26N2O5. The van der Waals surface area contributed by atoms with Crippen molar-refractivity contribution in [2.24, 2.45) is 23.7 Å². The lowest BCUT2D eigenvalue weighted by atomic mass is 9.85. The molecule has 0 spiro atoms. The molecule has 7 nitrogen and oxygen atoms in total. The fraction of sp³-hybridized carbons (Fsp3) is 0.346. The number of carbonyl (C=O) groups is 3. The molecule has 2 aromatic carbocycles. The molecule has 0 radical (unpaired) electrons. The molecule has 3 amide bonds. The number of imide groups is 1. The van der Waals surface area contributed by atoms with Gasteiger partial charge in [-0.15, -0.1) is 0 Å². The first kappa shape index (κ1) is 21.2. The molecule has 2 aromatic rings. The Hall–Kier alpha value is -3.61. The fourth-order valence-electron chi connectivity index (χ4n) is 5.54. The van der Waals surface area contributed by atoms with E-state index in [1.165, 1.54) is 12.0 Å². The van der Waals surface area contributed by atoms with E-state index in [2.05, 4.69) is 17.5 Å². The number of nitrogens with zero attached hydrogens (tertiary/aromatic N) is 1. The van der Waals surface area contributed by atoms with Gasteiger partial charge in [-0.3, -0.25) is 19.3 Å². The lowest BCUT2D eigenvalue weighted by Crippen LogP contribution is -2.38. The smallest absolute Gasteiger partial charge is 0.234 e. The van der Waals surface area contributed by atoms with Gasteiger partial charge < -0.3 is 14.8 Å². The van der Waals surface area contributed by atoms with Gasteiger partial charge >= 0.3 is 0 Å². The number of allylic oxidation sites excluding steroid dienone is 2. The molecule has 1 aliphatic heterocycles. The number of nitrogens with one attached hydrogen (secondary N) is 1. The molecule has 7 heteroatoms. The number of hydrogen-bond donors (Lipinski definition) is 1. The third kappa shape index (κ3) is 3.57. The number of anilines is 1. The van der Waals surface area contributed by atoms with Gasteiger partial charge in [0.15, 0.2) is 0 Å². The monoisotopic (exact) mass is 446 g/mol. The molecule has 5 atom stereocenters. The molecule has 5 unspecified atom stereocenters. The molecule has 2 aliphatic carbocycles. The third-order valence-corrected chi connectivity index (χ3v) is 7.08. The summed E-state index contributed by atoms with van der Waals surface area (Å²) in [6.07, 6.45) is 4.95. The number of rotatable bonds is 7. The van der Waals surface area contributed by atoms with E-state index in [1.54, 1.807) is 49.6 Å². The molecule has 1 saturated carbocycles. The highest BCUT2D eigenvalue weighted by molar-refractivity contribution is 6.07. The summed E-state index contributed by atoms with van der Waals surface area (Å²) in [5.41, 5.74) is 1.25. The van der Waals surface area contributed by atoms with Gasteiger partial charge in [0.05, 0.1) is 44.2 Å². The van der Waals surface area contributed by atoms with Gasteiger partial charge in [0.25, 0.3) is 0 Å². The van der Waals surface area contributed by atoms with E-state index in [0.29, 0.717) is 22.7 Å². The standard InChI is InChI=1S/C26H26N2O5/c1-32-18-11-9-15(10-12-18)20(14-22(29)27-19-5-3-4-6-21(19)33-2)28-25(30)23-16-7-8-17(13-16)24(23)26(28)31/h3-12,16-17,20,23-24H,13-14H2,1-2H3,(H,27,29). The number of likely N-dealkylation sites (tertiary alicyclic amines) is 1. The van der Waals surface area contributed by atoms with Crippen LogP contribution in [0, 0.1) is 23.7 Å². The second-order valence-corrected chi connectivity index (χ2v) is 8.79. The maximum absolute atomic E-state index is 13.5. The Morgan fingerprint density at radius 2 is 1.61 bits per heavy atom. The summed E-state index contributed by atoms with van der Waals surface area (Å²) in [5, 5.41) is 2.87. The highest BCUT2D eigenvalue weighted by Gasteiger charge is 2.60. The zero-order valence-electron chi connectivity index (χ0n) is 18.6. The molecule has 1 heterocycles. The number of amides is 3. The number of hydrogen-bond acceptors (Lipinski definition) is 5. The zero-order valence-corrected chi connectivity index (χ0v) is 18.6. The number of methoxy groups -OCH3 is 2. The predicted molar refractivity (Wildman–Crippen MR) is 122 cm³/mol. The Morgan fingerprint density at radius 1 is 0.970 bits per heavy atom. The van der Waals surface area contributed by atoms with Crippen LogP contribution in [0.1, 0.15) is 24.4 Å². The summed E-state index contributed by atoms with van der Waals surface area (Å²) in [6, 6.07) is 13.6. The third-order valence-electron chi connectivity index (χ3n) is 7.08. The Labute approximate surface area is 192 Å². The van der Waals surface area contributed by atoms with Crippen LogP contribution in [-0.4, -0.2) is 36.8 Å². The Morgan fingerprint density at radius 3 is 2.21 bits per heavy atom. The van der Waals surface area contributed by atoms with Crippen LogP contribution >= 0.6 is 0 Å². The van der Waals surface area contributed by atoms with E-state index in [9.17, 15) is 14.4 Å². The number of fused-ring (bicyclic) bond motifs is 5. The van der Waals surface area contributed by atoms with E-state index in [1.807, 2.05) is 6.07 Å². The molecule has 33 heavy (non-hydrogen) atoms. The largest absolute Gasteiger partial charge is 0.497 e. The Bertz CT molecular complexity index is 1100. The van der Waals surface area contributed by atoms with Crippen molar-refractivity contribution in [3.8, 4) is 11.5 Å². The molecule has 170 valence electrons. The summed E-state index contributed by atoms with van der Waals surface area (Å²) in [7, 11) is 3.11. The maximum Gasteiger partial charge on any atom is 0.234 e. The van der Waals surface area contributed by atoms with Crippen LogP contribution < -0.4 is 14.8 Å². The minimum Gasteiger partial charge on any atom is -0.497 e. The number of benzene rings is 2. The SMILES string of the molecule is COc1ccc(C(CC(=O)Nc2ccccc2OC)N2C(=O)C3C4C=CC(C4)C3C2=O)cc1. The molecule has 5 rings (SSSR count). The van der Waals surface area contributed by atoms with E-state index < -0.39 is 6.04 Å². The van der Waals surface area contributed by atoms with Gasteiger partial charge in [-0.2, -0.15) is 0 Å². The van der Waals surface area contributed by atoms with Crippen molar-refractivity contribution >= 4 is 23.4 Å². The van der Waals surface area contributed by atoms with Gasteiger partial charge in [-0.1, -0.05) is 36.4 Å². The minimum atomic E-state index is -0.699. The summed E-state index contributed by atoms with van der Waals surface area (Å²) >= 11 is 0. The molecule has 1 N–H and O–H groups in total. The van der Waals surface area contributed by atoms with Crippen molar-refractivity contribution in [3.63, 3.8) is 0 Å². The second-order valence-electron chi connectivity index (χ2n) is 8.79.